The van der Waals surface area contributed by atoms with E-state index in [1.54, 1.807) is 11.8 Å². The molecule has 1 aromatic carbocycles. The van der Waals surface area contributed by atoms with Gasteiger partial charge in [0, 0.05) is 12.0 Å². The van der Waals surface area contributed by atoms with E-state index in [0.29, 0.717) is 11.7 Å². The fourth-order valence-corrected chi connectivity index (χ4v) is 4.03. The highest BCUT2D eigenvalue weighted by Gasteiger charge is 2.38. The van der Waals surface area contributed by atoms with E-state index in [9.17, 15) is 4.79 Å². The zero-order chi connectivity index (χ0) is 15.3. The van der Waals surface area contributed by atoms with Gasteiger partial charge in [0.1, 0.15) is 11.8 Å². The molecule has 2 aliphatic rings. The Bertz CT molecular complexity index is 833. The molecule has 1 saturated heterocycles. The van der Waals surface area contributed by atoms with Crippen LogP contribution in [0.15, 0.2) is 12.1 Å². The SMILES string of the molecule is CC#C[C@@H]1[C@@H](C)NC(=O)N1c1nc2c3c(ccc2s1)OCC3. The minimum absolute atomic E-state index is 0.0130. The number of benzene rings is 1. The summed E-state index contributed by atoms with van der Waals surface area (Å²) in [5.41, 5.74) is 2.09. The summed E-state index contributed by atoms with van der Waals surface area (Å²) < 4.78 is 6.67. The lowest BCUT2D eigenvalue weighted by molar-refractivity contribution is 0.251. The molecule has 22 heavy (non-hydrogen) atoms. The van der Waals surface area contributed by atoms with Crippen molar-refractivity contribution in [3.05, 3.63) is 17.7 Å². The number of ether oxygens (including phenoxy) is 1. The molecule has 1 N–H and O–H groups in total. The third-order valence-electron chi connectivity index (χ3n) is 4.04. The Morgan fingerprint density at radius 3 is 3.18 bits per heavy atom. The van der Waals surface area contributed by atoms with Crippen LogP contribution in [0.4, 0.5) is 9.93 Å². The van der Waals surface area contributed by atoms with Gasteiger partial charge in [-0.3, -0.25) is 4.90 Å². The van der Waals surface area contributed by atoms with Crippen molar-refractivity contribution in [1.82, 2.24) is 10.3 Å². The summed E-state index contributed by atoms with van der Waals surface area (Å²) in [6.07, 6.45) is 0.872. The smallest absolute Gasteiger partial charge is 0.325 e. The largest absolute Gasteiger partial charge is 0.493 e. The molecule has 0 bridgehead atoms. The third kappa shape index (κ3) is 1.86. The van der Waals surface area contributed by atoms with Crippen LogP contribution in [0.2, 0.25) is 0 Å². The number of fused-ring (bicyclic) bond motifs is 3. The molecule has 0 saturated carbocycles. The van der Waals surface area contributed by atoms with Crippen molar-refractivity contribution in [1.29, 1.82) is 0 Å². The van der Waals surface area contributed by atoms with Crippen LogP contribution in [0.1, 0.15) is 19.4 Å². The van der Waals surface area contributed by atoms with Crippen molar-refractivity contribution in [3.8, 4) is 17.6 Å². The van der Waals surface area contributed by atoms with Gasteiger partial charge in [-0.25, -0.2) is 9.78 Å². The number of amides is 2. The average Bonchev–Trinajstić information content (AvgIpc) is 3.16. The van der Waals surface area contributed by atoms with Crippen LogP contribution in [0.3, 0.4) is 0 Å². The summed E-state index contributed by atoms with van der Waals surface area (Å²) in [6, 6.07) is 3.68. The van der Waals surface area contributed by atoms with Crippen LogP contribution in [0.25, 0.3) is 10.2 Å². The second kappa shape index (κ2) is 4.89. The number of urea groups is 1. The van der Waals surface area contributed by atoms with E-state index in [0.717, 1.165) is 28.0 Å². The predicted octanol–water partition coefficient (Wildman–Crippen LogP) is 2.54. The number of hydrogen-bond donors (Lipinski definition) is 1. The van der Waals surface area contributed by atoms with Crippen LogP contribution < -0.4 is 15.0 Å². The molecule has 2 amide bonds. The van der Waals surface area contributed by atoms with Crippen molar-refractivity contribution in [3.63, 3.8) is 0 Å². The fourth-order valence-electron chi connectivity index (χ4n) is 3.00. The van der Waals surface area contributed by atoms with E-state index >= 15 is 0 Å². The van der Waals surface area contributed by atoms with E-state index in [2.05, 4.69) is 17.2 Å². The molecule has 4 rings (SSSR count). The molecule has 0 unspecified atom stereocenters. The normalized spacial score (nSPS) is 23.0. The average molecular weight is 313 g/mol. The van der Waals surface area contributed by atoms with Gasteiger partial charge < -0.3 is 10.1 Å². The summed E-state index contributed by atoms with van der Waals surface area (Å²) in [5.74, 6) is 6.92. The van der Waals surface area contributed by atoms with E-state index < -0.39 is 0 Å². The molecule has 6 heteroatoms. The van der Waals surface area contributed by atoms with Gasteiger partial charge >= 0.3 is 6.03 Å². The predicted molar refractivity (Wildman–Crippen MR) is 86.5 cm³/mol. The molecule has 2 atom stereocenters. The summed E-state index contributed by atoms with van der Waals surface area (Å²) in [7, 11) is 0. The van der Waals surface area contributed by atoms with E-state index in [1.165, 1.54) is 11.3 Å². The third-order valence-corrected chi connectivity index (χ3v) is 5.06. The highest BCUT2D eigenvalue weighted by Crippen LogP contribution is 2.38. The maximum atomic E-state index is 12.3. The molecular formula is C16H15N3O2S. The Labute approximate surface area is 132 Å². The number of anilines is 1. The van der Waals surface area contributed by atoms with Crippen molar-refractivity contribution in [2.45, 2.75) is 32.4 Å². The molecule has 0 radical (unpaired) electrons. The van der Waals surface area contributed by atoms with E-state index in [-0.39, 0.29) is 18.1 Å². The summed E-state index contributed by atoms with van der Waals surface area (Å²) in [4.78, 5) is 18.7. The van der Waals surface area contributed by atoms with Crippen LogP contribution in [0, 0.1) is 11.8 Å². The van der Waals surface area contributed by atoms with Crippen molar-refractivity contribution < 1.29 is 9.53 Å². The van der Waals surface area contributed by atoms with Gasteiger partial charge in [0.15, 0.2) is 5.13 Å². The lowest BCUT2D eigenvalue weighted by Gasteiger charge is -2.17. The summed E-state index contributed by atoms with van der Waals surface area (Å²) >= 11 is 1.53. The molecule has 0 aliphatic carbocycles. The van der Waals surface area contributed by atoms with Crippen LogP contribution in [-0.2, 0) is 6.42 Å². The first-order chi connectivity index (χ1) is 10.7. The van der Waals surface area contributed by atoms with Gasteiger partial charge in [-0.05, 0) is 26.0 Å². The van der Waals surface area contributed by atoms with Crippen molar-refractivity contribution >= 4 is 32.7 Å². The molecule has 1 aromatic heterocycles. The van der Waals surface area contributed by atoms with Gasteiger partial charge in [0.05, 0.1) is 22.9 Å². The van der Waals surface area contributed by atoms with Crippen molar-refractivity contribution in [2.75, 3.05) is 11.5 Å². The molecule has 5 nitrogen and oxygen atoms in total. The quantitative estimate of drug-likeness (QED) is 0.823. The molecular weight excluding hydrogens is 298 g/mol. The number of nitrogens with one attached hydrogen (secondary N) is 1. The highest BCUT2D eigenvalue weighted by molar-refractivity contribution is 7.22. The number of aromatic nitrogens is 1. The number of nitrogens with zero attached hydrogens (tertiary/aromatic N) is 2. The molecule has 0 spiro atoms. The van der Waals surface area contributed by atoms with Gasteiger partial charge in [-0.1, -0.05) is 17.3 Å². The second-order valence-electron chi connectivity index (χ2n) is 5.43. The topological polar surface area (TPSA) is 54.5 Å². The minimum atomic E-state index is -0.178. The Morgan fingerprint density at radius 1 is 1.50 bits per heavy atom. The maximum Gasteiger partial charge on any atom is 0.325 e. The first-order valence-electron chi connectivity index (χ1n) is 7.26. The van der Waals surface area contributed by atoms with Crippen molar-refractivity contribution in [2.24, 2.45) is 0 Å². The lowest BCUT2D eigenvalue weighted by atomic mass is 10.1. The molecule has 2 aromatic rings. The van der Waals surface area contributed by atoms with Gasteiger partial charge in [0.2, 0.25) is 0 Å². The Kier molecular flexibility index (Phi) is 2.98. The first kappa shape index (κ1) is 13.4. The van der Waals surface area contributed by atoms with Crippen LogP contribution >= 0.6 is 11.3 Å². The zero-order valence-electron chi connectivity index (χ0n) is 12.3. The number of hydrogen-bond acceptors (Lipinski definition) is 4. The van der Waals surface area contributed by atoms with E-state index in [4.69, 9.17) is 9.72 Å². The Hall–Kier alpha value is -2.26. The highest BCUT2D eigenvalue weighted by atomic mass is 32.1. The van der Waals surface area contributed by atoms with Gasteiger partial charge in [0.25, 0.3) is 0 Å². The number of rotatable bonds is 1. The summed E-state index contributed by atoms with van der Waals surface area (Å²) in [6.45, 7) is 4.45. The summed E-state index contributed by atoms with van der Waals surface area (Å²) in [5, 5.41) is 3.62. The zero-order valence-corrected chi connectivity index (χ0v) is 13.2. The molecule has 2 aliphatic heterocycles. The number of carbonyl (C=O) groups is 1. The minimum Gasteiger partial charge on any atom is -0.493 e. The maximum absolute atomic E-state index is 12.3. The number of carbonyl (C=O) groups excluding carboxylic acids is 1. The second-order valence-corrected chi connectivity index (χ2v) is 6.44. The molecule has 1 fully saturated rings. The van der Waals surface area contributed by atoms with Crippen LogP contribution in [0.5, 0.6) is 5.75 Å². The number of thiazole rings is 1. The lowest BCUT2D eigenvalue weighted by Crippen LogP contribution is -2.34. The Morgan fingerprint density at radius 2 is 2.36 bits per heavy atom. The monoisotopic (exact) mass is 313 g/mol. The first-order valence-corrected chi connectivity index (χ1v) is 8.08. The van der Waals surface area contributed by atoms with Gasteiger partial charge in [-0.2, -0.15) is 0 Å². The van der Waals surface area contributed by atoms with Crippen LogP contribution in [-0.4, -0.2) is 29.7 Å². The molecule has 3 heterocycles. The fraction of sp³-hybridized carbons (Fsp3) is 0.375. The van der Waals surface area contributed by atoms with Gasteiger partial charge in [-0.15, -0.1) is 5.92 Å². The standard InChI is InChI=1S/C16H15N3O2S/c1-3-4-11-9(2)17-15(20)19(11)16-18-14-10-7-8-21-12(10)5-6-13(14)22-16/h5-6,9,11H,7-8H2,1-2H3,(H,17,20)/t9-,11-/m1/s1. The molecule has 112 valence electrons. The Balaban J connectivity index is 1.83. The van der Waals surface area contributed by atoms with E-state index in [1.807, 2.05) is 19.1 Å².